The lowest BCUT2D eigenvalue weighted by atomic mass is 10.1. The van der Waals surface area contributed by atoms with Gasteiger partial charge in [-0.3, -0.25) is 0 Å². The number of aryl methyl sites for hydroxylation is 1. The van der Waals surface area contributed by atoms with E-state index in [1.165, 1.54) is 5.56 Å². The maximum absolute atomic E-state index is 6.10. The van der Waals surface area contributed by atoms with E-state index in [9.17, 15) is 0 Å². The van der Waals surface area contributed by atoms with Gasteiger partial charge in [0.05, 0.1) is 14.2 Å². The Kier molecular flexibility index (Phi) is 5.47. The second-order valence-corrected chi connectivity index (χ2v) is 4.38. The molecule has 1 rings (SSSR count). The minimum atomic E-state index is 0.247. The molecule has 0 N–H and O–H groups in total. The van der Waals surface area contributed by atoms with Gasteiger partial charge in [0.15, 0.2) is 0 Å². The highest BCUT2D eigenvalue weighted by molar-refractivity contribution is 6.20. The number of hydrogen-bond acceptors (Lipinski definition) is 2. The van der Waals surface area contributed by atoms with Crippen LogP contribution in [0.2, 0.25) is 0 Å². The first-order valence-corrected chi connectivity index (χ1v) is 5.99. The van der Waals surface area contributed by atoms with Gasteiger partial charge in [0.2, 0.25) is 0 Å². The number of benzene rings is 1. The maximum Gasteiger partial charge on any atom is 0.122 e. The largest absolute Gasteiger partial charge is 0.497 e. The van der Waals surface area contributed by atoms with Crippen LogP contribution in [-0.2, 0) is 6.42 Å². The third-order valence-corrected chi connectivity index (χ3v) is 3.13. The number of ether oxygens (including phenoxy) is 2. The first-order chi connectivity index (χ1) is 7.69. The van der Waals surface area contributed by atoms with Crippen LogP contribution < -0.4 is 9.47 Å². The van der Waals surface area contributed by atoms with Crippen LogP contribution >= 0.6 is 11.6 Å². The van der Waals surface area contributed by atoms with Crippen LogP contribution in [0.4, 0.5) is 0 Å². The van der Waals surface area contributed by atoms with E-state index in [1.54, 1.807) is 14.2 Å². The molecule has 1 aromatic rings. The Morgan fingerprint density at radius 2 is 1.69 bits per heavy atom. The molecule has 0 aliphatic carbocycles. The summed E-state index contributed by atoms with van der Waals surface area (Å²) in [6.07, 6.45) is 2.94. The molecule has 0 spiro atoms. The molecule has 0 bridgehead atoms. The van der Waals surface area contributed by atoms with Gasteiger partial charge < -0.3 is 9.47 Å². The molecule has 1 aromatic carbocycles. The first kappa shape index (κ1) is 13.2. The second-order valence-electron chi connectivity index (χ2n) is 3.77. The van der Waals surface area contributed by atoms with E-state index >= 15 is 0 Å². The maximum atomic E-state index is 6.10. The van der Waals surface area contributed by atoms with Crippen molar-refractivity contribution in [3.8, 4) is 11.5 Å². The molecule has 1 atom stereocenters. The first-order valence-electron chi connectivity index (χ1n) is 5.55. The predicted octanol–water partition coefficient (Wildman–Crippen LogP) is 3.65. The molecule has 16 heavy (non-hydrogen) atoms. The van der Waals surface area contributed by atoms with Crippen molar-refractivity contribution in [1.29, 1.82) is 0 Å². The Morgan fingerprint density at radius 3 is 2.12 bits per heavy atom. The van der Waals surface area contributed by atoms with Gasteiger partial charge in [-0.05, 0) is 37.0 Å². The topological polar surface area (TPSA) is 18.5 Å². The Labute approximate surface area is 103 Å². The second kappa shape index (κ2) is 6.64. The third kappa shape index (κ3) is 3.93. The fourth-order valence-electron chi connectivity index (χ4n) is 1.54. The molecular weight excluding hydrogens is 224 g/mol. The zero-order valence-corrected chi connectivity index (χ0v) is 10.9. The molecule has 0 fully saturated rings. The van der Waals surface area contributed by atoms with Gasteiger partial charge in [0.25, 0.3) is 0 Å². The minimum Gasteiger partial charge on any atom is -0.497 e. The van der Waals surface area contributed by atoms with Crippen LogP contribution in [0.1, 0.15) is 25.3 Å². The van der Waals surface area contributed by atoms with Crippen LogP contribution in [0.5, 0.6) is 11.5 Å². The summed E-state index contributed by atoms with van der Waals surface area (Å²) in [5, 5.41) is 0.247. The summed E-state index contributed by atoms with van der Waals surface area (Å²) in [7, 11) is 3.32. The van der Waals surface area contributed by atoms with E-state index in [1.807, 2.05) is 18.2 Å². The van der Waals surface area contributed by atoms with Crippen LogP contribution in [0.15, 0.2) is 18.2 Å². The Morgan fingerprint density at radius 1 is 1.12 bits per heavy atom. The molecule has 0 radical (unpaired) electrons. The number of halogens is 1. The monoisotopic (exact) mass is 242 g/mol. The van der Waals surface area contributed by atoms with Gasteiger partial charge in [0.1, 0.15) is 11.5 Å². The summed E-state index contributed by atoms with van der Waals surface area (Å²) >= 11 is 6.10. The number of hydrogen-bond donors (Lipinski definition) is 0. The molecule has 0 saturated heterocycles. The summed E-state index contributed by atoms with van der Waals surface area (Å²) < 4.78 is 10.4. The van der Waals surface area contributed by atoms with Crippen molar-refractivity contribution in [3.05, 3.63) is 23.8 Å². The van der Waals surface area contributed by atoms with E-state index in [4.69, 9.17) is 21.1 Å². The van der Waals surface area contributed by atoms with Gasteiger partial charge in [-0.15, -0.1) is 11.6 Å². The summed E-state index contributed by atoms with van der Waals surface area (Å²) in [6, 6.07) is 5.94. The standard InChI is InChI=1S/C13H19ClO2/c1-4-11(14)6-5-10-7-12(15-2)9-13(8-10)16-3/h7-9,11H,4-6H2,1-3H3. The van der Waals surface area contributed by atoms with Gasteiger partial charge in [-0.2, -0.15) is 0 Å². The summed E-state index contributed by atoms with van der Waals surface area (Å²) in [5.74, 6) is 1.66. The fourth-order valence-corrected chi connectivity index (χ4v) is 1.65. The van der Waals surface area contributed by atoms with Gasteiger partial charge in [-0.25, -0.2) is 0 Å². The van der Waals surface area contributed by atoms with Crippen LogP contribution in [0.25, 0.3) is 0 Å². The molecular formula is C13H19ClO2. The van der Waals surface area contributed by atoms with Crippen molar-refractivity contribution in [2.45, 2.75) is 31.6 Å². The van der Waals surface area contributed by atoms with Crippen LogP contribution in [0, 0.1) is 0 Å². The normalized spacial score (nSPS) is 12.2. The zero-order chi connectivity index (χ0) is 12.0. The van der Waals surface area contributed by atoms with Crippen LogP contribution in [-0.4, -0.2) is 19.6 Å². The van der Waals surface area contributed by atoms with E-state index in [2.05, 4.69) is 6.92 Å². The minimum absolute atomic E-state index is 0.247. The average Bonchev–Trinajstić information content (AvgIpc) is 2.35. The highest BCUT2D eigenvalue weighted by Gasteiger charge is 2.05. The Hall–Kier alpha value is -0.890. The van der Waals surface area contributed by atoms with Crippen molar-refractivity contribution < 1.29 is 9.47 Å². The van der Waals surface area contributed by atoms with Crippen LogP contribution in [0.3, 0.4) is 0 Å². The van der Waals surface area contributed by atoms with E-state index < -0.39 is 0 Å². The zero-order valence-electron chi connectivity index (χ0n) is 10.1. The van der Waals surface area contributed by atoms with Crippen molar-refractivity contribution in [3.63, 3.8) is 0 Å². The molecule has 0 aliphatic rings. The Balaban J connectivity index is 2.71. The van der Waals surface area contributed by atoms with Gasteiger partial charge >= 0.3 is 0 Å². The molecule has 0 amide bonds. The molecule has 0 aromatic heterocycles. The van der Waals surface area contributed by atoms with Gasteiger partial charge in [0, 0.05) is 11.4 Å². The molecule has 0 saturated carbocycles. The van der Waals surface area contributed by atoms with Crippen molar-refractivity contribution in [1.82, 2.24) is 0 Å². The highest BCUT2D eigenvalue weighted by Crippen LogP contribution is 2.24. The number of alkyl halides is 1. The fraction of sp³-hybridized carbons (Fsp3) is 0.538. The molecule has 90 valence electrons. The summed E-state index contributed by atoms with van der Waals surface area (Å²) in [4.78, 5) is 0. The number of rotatable bonds is 6. The molecule has 0 aliphatic heterocycles. The van der Waals surface area contributed by atoms with Gasteiger partial charge in [-0.1, -0.05) is 6.92 Å². The van der Waals surface area contributed by atoms with E-state index in [0.29, 0.717) is 0 Å². The summed E-state index contributed by atoms with van der Waals surface area (Å²) in [6.45, 7) is 2.10. The molecule has 1 unspecified atom stereocenters. The lowest BCUT2D eigenvalue weighted by molar-refractivity contribution is 0.393. The summed E-state index contributed by atoms with van der Waals surface area (Å²) in [5.41, 5.74) is 1.20. The average molecular weight is 243 g/mol. The van der Waals surface area contributed by atoms with Crippen molar-refractivity contribution >= 4 is 11.6 Å². The lowest BCUT2D eigenvalue weighted by Crippen LogP contribution is -1.99. The quantitative estimate of drug-likeness (QED) is 0.709. The SMILES string of the molecule is CCC(Cl)CCc1cc(OC)cc(OC)c1. The van der Waals surface area contributed by atoms with E-state index in [-0.39, 0.29) is 5.38 Å². The third-order valence-electron chi connectivity index (χ3n) is 2.60. The predicted molar refractivity (Wildman–Crippen MR) is 67.8 cm³/mol. The van der Waals surface area contributed by atoms with Crippen molar-refractivity contribution in [2.75, 3.05) is 14.2 Å². The van der Waals surface area contributed by atoms with E-state index in [0.717, 1.165) is 30.8 Å². The smallest absolute Gasteiger partial charge is 0.122 e. The molecule has 2 nitrogen and oxygen atoms in total. The lowest BCUT2D eigenvalue weighted by Gasteiger charge is -2.10. The highest BCUT2D eigenvalue weighted by atomic mass is 35.5. The molecule has 0 heterocycles. The Bertz CT molecular complexity index is 303. The number of methoxy groups -OCH3 is 2. The van der Waals surface area contributed by atoms with Crippen molar-refractivity contribution in [2.24, 2.45) is 0 Å². The molecule has 3 heteroatoms.